The Morgan fingerprint density at radius 2 is 1.96 bits per heavy atom. The Labute approximate surface area is 167 Å². The first-order valence-electron chi connectivity index (χ1n) is 8.49. The van der Waals surface area contributed by atoms with E-state index in [1.54, 1.807) is 0 Å². The molecule has 0 aliphatic carbocycles. The molecule has 1 amide bonds. The maximum absolute atomic E-state index is 12.5. The minimum atomic E-state index is -0.429. The number of nitrogens with one attached hydrogen (secondary N) is 3. The highest BCUT2D eigenvalue weighted by Crippen LogP contribution is 2.28. The zero-order valence-corrected chi connectivity index (χ0v) is 17.3. The molecule has 0 saturated carbocycles. The number of benzene rings is 2. The highest BCUT2D eigenvalue weighted by Gasteiger charge is 2.17. The van der Waals surface area contributed by atoms with E-state index in [1.807, 2.05) is 63.2 Å². The minimum absolute atomic E-state index is 0.0982. The van der Waals surface area contributed by atoms with E-state index < -0.39 is 21.3 Å². The Bertz CT molecular complexity index is 1090. The van der Waals surface area contributed by atoms with Gasteiger partial charge in [0.1, 0.15) is 21.3 Å². The molecule has 0 spiro atoms. The van der Waals surface area contributed by atoms with Gasteiger partial charge in [0.25, 0.3) is 5.91 Å². The van der Waals surface area contributed by atoms with Crippen molar-refractivity contribution in [2.24, 2.45) is 8.25 Å². The summed E-state index contributed by atoms with van der Waals surface area (Å²) >= 11 is -0.429. The molecule has 1 aromatic heterocycles. The average Bonchev–Trinajstić information content (AvgIpc) is 3.29. The SMILES string of the molecule is CC(C)(C)NC(=O)c1cccc(-c2n[nH]c3ccc(C4=NNI=N4)cc23)c1. The second kappa shape index (κ2) is 6.84. The molecule has 0 unspecified atom stereocenters. The van der Waals surface area contributed by atoms with Crippen molar-refractivity contribution in [2.45, 2.75) is 26.3 Å². The van der Waals surface area contributed by atoms with Crippen LogP contribution in [0.15, 0.2) is 50.7 Å². The van der Waals surface area contributed by atoms with E-state index in [2.05, 4.69) is 27.4 Å². The number of rotatable bonds is 3. The zero-order valence-electron chi connectivity index (χ0n) is 15.2. The number of hydrogen-bond donors (Lipinski definition) is 3. The normalized spacial score (nSPS) is 13.8. The number of aromatic nitrogens is 2. The number of fused-ring (bicyclic) bond motifs is 1. The van der Waals surface area contributed by atoms with Crippen LogP contribution in [0.4, 0.5) is 0 Å². The summed E-state index contributed by atoms with van der Waals surface area (Å²) in [5, 5.41) is 15.7. The van der Waals surface area contributed by atoms with E-state index in [-0.39, 0.29) is 11.4 Å². The van der Waals surface area contributed by atoms with Crippen molar-refractivity contribution < 1.29 is 4.79 Å². The number of halogens is 1. The second-order valence-electron chi connectivity index (χ2n) is 7.31. The number of carbonyl (C=O) groups is 1. The predicted octanol–water partition coefficient (Wildman–Crippen LogP) is 4.09. The fraction of sp³-hybridized carbons (Fsp3) is 0.211. The third-order valence-electron chi connectivity index (χ3n) is 4.02. The van der Waals surface area contributed by atoms with E-state index in [1.165, 1.54) is 0 Å². The fourth-order valence-corrected chi connectivity index (χ4v) is 3.90. The van der Waals surface area contributed by atoms with Gasteiger partial charge in [-0.15, -0.1) is 5.10 Å². The lowest BCUT2D eigenvalue weighted by Crippen LogP contribution is -2.40. The van der Waals surface area contributed by atoms with Crippen LogP contribution in [0, 0.1) is 0 Å². The summed E-state index contributed by atoms with van der Waals surface area (Å²) in [6.45, 7) is 5.89. The largest absolute Gasteiger partial charge is 0.347 e. The number of amides is 1. The fourth-order valence-electron chi connectivity index (χ4n) is 2.84. The summed E-state index contributed by atoms with van der Waals surface area (Å²) in [6, 6.07) is 13.5. The summed E-state index contributed by atoms with van der Waals surface area (Å²) in [4.78, 5) is 12.5. The van der Waals surface area contributed by atoms with Crippen molar-refractivity contribution in [3.05, 3.63) is 53.6 Å². The zero-order chi connectivity index (χ0) is 19.0. The van der Waals surface area contributed by atoms with Crippen LogP contribution in [0.5, 0.6) is 0 Å². The van der Waals surface area contributed by atoms with Gasteiger partial charge < -0.3 is 5.32 Å². The van der Waals surface area contributed by atoms with Crippen molar-refractivity contribution in [3.8, 4) is 11.3 Å². The number of hydrogen-bond acceptors (Lipinski definition) is 5. The Kier molecular flexibility index (Phi) is 4.50. The molecular formula is C19H19IN6O. The average molecular weight is 474 g/mol. The van der Waals surface area contributed by atoms with Crippen LogP contribution < -0.4 is 8.96 Å². The Morgan fingerprint density at radius 3 is 2.70 bits per heavy atom. The van der Waals surface area contributed by atoms with Gasteiger partial charge in [-0.1, -0.05) is 12.1 Å². The molecule has 0 saturated heterocycles. The monoisotopic (exact) mass is 474 g/mol. The third kappa shape index (κ3) is 3.75. The van der Waals surface area contributed by atoms with Crippen LogP contribution in [0.3, 0.4) is 0 Å². The Morgan fingerprint density at radius 1 is 1.11 bits per heavy atom. The van der Waals surface area contributed by atoms with E-state index in [9.17, 15) is 4.79 Å². The number of carbonyl (C=O) groups excluding carboxylic acids is 1. The molecule has 2 aromatic carbocycles. The first-order chi connectivity index (χ1) is 12.9. The third-order valence-corrected chi connectivity index (χ3v) is 5.17. The molecule has 1 aliphatic heterocycles. The highest BCUT2D eigenvalue weighted by atomic mass is 127. The molecule has 0 radical (unpaired) electrons. The van der Waals surface area contributed by atoms with Gasteiger partial charge in [0.2, 0.25) is 0 Å². The maximum atomic E-state index is 12.5. The van der Waals surface area contributed by atoms with Gasteiger partial charge in [0.15, 0.2) is 5.84 Å². The van der Waals surface area contributed by atoms with Crippen molar-refractivity contribution in [1.82, 2.24) is 19.2 Å². The molecule has 4 rings (SSSR count). The van der Waals surface area contributed by atoms with Crippen molar-refractivity contribution in [2.75, 3.05) is 0 Å². The lowest BCUT2D eigenvalue weighted by molar-refractivity contribution is 0.0919. The first kappa shape index (κ1) is 17.8. The number of hydrazone groups is 1. The first-order valence-corrected chi connectivity index (χ1v) is 10.5. The van der Waals surface area contributed by atoms with Crippen LogP contribution in [0.25, 0.3) is 22.2 Å². The molecular weight excluding hydrogens is 455 g/mol. The number of nitrogens with zero attached hydrogens (tertiary/aromatic N) is 3. The van der Waals surface area contributed by atoms with Gasteiger partial charge in [-0.3, -0.25) is 9.89 Å². The summed E-state index contributed by atoms with van der Waals surface area (Å²) in [6.07, 6.45) is 0. The molecule has 2 heterocycles. The lowest BCUT2D eigenvalue weighted by atomic mass is 10.0. The van der Waals surface area contributed by atoms with Gasteiger partial charge in [0, 0.05) is 27.6 Å². The Balaban J connectivity index is 1.74. The quantitative estimate of drug-likeness (QED) is 0.394. The molecule has 3 aromatic rings. The highest BCUT2D eigenvalue weighted by molar-refractivity contribution is 14.1. The van der Waals surface area contributed by atoms with Crippen LogP contribution in [-0.2, 0) is 0 Å². The van der Waals surface area contributed by atoms with Crippen molar-refractivity contribution >= 4 is 44.0 Å². The molecule has 0 fully saturated rings. The topological polar surface area (TPSA) is 94.5 Å². The van der Waals surface area contributed by atoms with Gasteiger partial charge in [0.05, 0.1) is 11.2 Å². The number of aromatic amines is 1. The van der Waals surface area contributed by atoms with Gasteiger partial charge in [-0.25, -0.2) is 3.64 Å². The second-order valence-corrected chi connectivity index (χ2v) is 8.75. The van der Waals surface area contributed by atoms with Gasteiger partial charge in [-0.05, 0) is 51.1 Å². The number of H-pyrrole nitrogens is 1. The Hall–Kier alpha value is -2.62. The number of amidine groups is 1. The standard InChI is InChI=1S/C19H19IN6O/c1-19(2,3)21-18(27)13-6-4-5-11(9-13)16-14-10-12(17-22-20-26-25-17)7-8-15(14)23-24-16/h4-10H,1-3H3,(H,21,27)(H,23,24)(H,22,25,26). The van der Waals surface area contributed by atoms with Crippen LogP contribution in [-0.4, -0.2) is 27.5 Å². The van der Waals surface area contributed by atoms with Crippen LogP contribution in [0.2, 0.25) is 0 Å². The molecule has 7 nitrogen and oxygen atoms in total. The molecule has 27 heavy (non-hydrogen) atoms. The van der Waals surface area contributed by atoms with Gasteiger partial charge >= 0.3 is 0 Å². The summed E-state index contributed by atoms with van der Waals surface area (Å²) in [5.74, 6) is 0.633. The molecule has 1 aliphatic rings. The van der Waals surface area contributed by atoms with E-state index in [0.29, 0.717) is 5.56 Å². The summed E-state index contributed by atoms with van der Waals surface area (Å²) in [7, 11) is 0. The van der Waals surface area contributed by atoms with Gasteiger partial charge in [-0.2, -0.15) is 8.24 Å². The summed E-state index contributed by atoms with van der Waals surface area (Å²) in [5.41, 5.74) is 3.90. The van der Waals surface area contributed by atoms with Crippen molar-refractivity contribution in [3.63, 3.8) is 0 Å². The van der Waals surface area contributed by atoms with Crippen LogP contribution >= 0.6 is 21.3 Å². The maximum Gasteiger partial charge on any atom is 0.251 e. The van der Waals surface area contributed by atoms with Crippen LogP contribution in [0.1, 0.15) is 36.7 Å². The van der Waals surface area contributed by atoms with E-state index in [0.717, 1.165) is 33.6 Å². The van der Waals surface area contributed by atoms with E-state index >= 15 is 0 Å². The van der Waals surface area contributed by atoms with E-state index in [4.69, 9.17) is 0 Å². The lowest BCUT2D eigenvalue weighted by Gasteiger charge is -2.20. The molecule has 138 valence electrons. The molecule has 8 heteroatoms. The smallest absolute Gasteiger partial charge is 0.251 e. The predicted molar refractivity (Wildman–Crippen MR) is 115 cm³/mol. The minimum Gasteiger partial charge on any atom is -0.347 e. The molecule has 0 bridgehead atoms. The molecule has 0 atom stereocenters. The molecule has 3 N–H and O–H groups in total. The summed E-state index contributed by atoms with van der Waals surface area (Å²) < 4.78 is 7.40. The van der Waals surface area contributed by atoms with Crippen molar-refractivity contribution in [1.29, 1.82) is 0 Å².